The molecule has 0 fully saturated rings. The van der Waals surface area contributed by atoms with Gasteiger partial charge in [0, 0.05) is 18.7 Å². The Labute approximate surface area is 210 Å². The third-order valence-electron chi connectivity index (χ3n) is 5.69. The van der Waals surface area contributed by atoms with Crippen molar-refractivity contribution in [2.75, 3.05) is 5.75 Å². The Bertz CT molecular complexity index is 1410. The number of carboxylic acids is 1. The van der Waals surface area contributed by atoms with Crippen molar-refractivity contribution >= 4 is 21.7 Å². The van der Waals surface area contributed by atoms with E-state index in [9.17, 15) is 18.0 Å². The average Bonchev–Trinajstić information content (AvgIpc) is 2.89. The number of carbonyl (C=O) groups is 2. The predicted octanol–water partition coefficient (Wildman–Crippen LogP) is 5.05. The molecular formula is C29H25NO5S. The van der Waals surface area contributed by atoms with Crippen molar-refractivity contribution in [3.63, 3.8) is 0 Å². The number of carboxylic acid groups (broad SMARTS) is 1. The molecule has 0 aliphatic heterocycles. The van der Waals surface area contributed by atoms with E-state index in [0.29, 0.717) is 24.2 Å². The molecule has 0 aliphatic rings. The fourth-order valence-electron chi connectivity index (χ4n) is 3.91. The van der Waals surface area contributed by atoms with Gasteiger partial charge in [-0.05, 0) is 46.5 Å². The summed E-state index contributed by atoms with van der Waals surface area (Å²) in [6, 6.07) is 32.7. The molecule has 1 N–H and O–H groups in total. The molecular weight excluding hydrogens is 474 g/mol. The molecule has 0 saturated carbocycles. The van der Waals surface area contributed by atoms with Crippen LogP contribution in [-0.4, -0.2) is 36.1 Å². The second-order valence-electron chi connectivity index (χ2n) is 8.39. The number of rotatable bonds is 9. The van der Waals surface area contributed by atoms with Crippen LogP contribution in [0.15, 0.2) is 114 Å². The van der Waals surface area contributed by atoms with Crippen molar-refractivity contribution in [3.05, 3.63) is 126 Å². The second-order valence-corrected chi connectivity index (χ2v) is 10.4. The van der Waals surface area contributed by atoms with Crippen molar-refractivity contribution in [1.82, 2.24) is 4.90 Å². The van der Waals surface area contributed by atoms with E-state index in [4.69, 9.17) is 5.11 Å². The minimum absolute atomic E-state index is 0.0561. The summed E-state index contributed by atoms with van der Waals surface area (Å²) in [4.78, 5) is 26.1. The summed E-state index contributed by atoms with van der Waals surface area (Å²) in [6.45, 7) is 0.916. The Balaban J connectivity index is 1.58. The van der Waals surface area contributed by atoms with Crippen LogP contribution in [0.2, 0.25) is 0 Å². The molecule has 0 unspecified atom stereocenters. The minimum Gasteiger partial charge on any atom is -0.480 e. The predicted molar refractivity (Wildman–Crippen MR) is 138 cm³/mol. The van der Waals surface area contributed by atoms with E-state index in [1.54, 1.807) is 41.3 Å². The topological polar surface area (TPSA) is 91.7 Å². The first kappa shape index (κ1) is 24.9. The van der Waals surface area contributed by atoms with Crippen LogP contribution in [0.5, 0.6) is 0 Å². The normalized spacial score (nSPS) is 11.1. The van der Waals surface area contributed by atoms with Gasteiger partial charge in [0.05, 0.1) is 4.90 Å². The number of nitrogens with zero attached hydrogens (tertiary/aromatic N) is 1. The Morgan fingerprint density at radius 3 is 1.75 bits per heavy atom. The Kier molecular flexibility index (Phi) is 7.61. The van der Waals surface area contributed by atoms with Gasteiger partial charge in [0.2, 0.25) is 0 Å². The van der Waals surface area contributed by atoms with Gasteiger partial charge in [-0.1, -0.05) is 84.9 Å². The highest BCUT2D eigenvalue weighted by molar-refractivity contribution is 7.92. The van der Waals surface area contributed by atoms with Gasteiger partial charge in [0.15, 0.2) is 15.6 Å². The molecule has 0 saturated heterocycles. The summed E-state index contributed by atoms with van der Waals surface area (Å²) in [5.74, 6) is -2.49. The zero-order valence-electron chi connectivity index (χ0n) is 19.4. The smallest absolute Gasteiger partial charge is 0.319 e. The molecule has 6 nitrogen and oxygen atoms in total. The summed E-state index contributed by atoms with van der Waals surface area (Å²) < 4.78 is 24.6. The van der Waals surface area contributed by atoms with Crippen LogP contribution >= 0.6 is 0 Å². The first-order chi connectivity index (χ1) is 17.3. The third kappa shape index (κ3) is 6.25. The maximum absolute atomic E-state index is 13.5. The molecule has 0 atom stereocenters. The molecule has 0 spiro atoms. The van der Waals surface area contributed by atoms with Crippen LogP contribution in [-0.2, 0) is 27.7 Å². The Morgan fingerprint density at radius 1 is 0.667 bits per heavy atom. The molecule has 0 aromatic heterocycles. The van der Waals surface area contributed by atoms with Gasteiger partial charge in [0.1, 0.15) is 0 Å². The van der Waals surface area contributed by atoms with Crippen molar-refractivity contribution in [2.24, 2.45) is 0 Å². The van der Waals surface area contributed by atoms with Crippen molar-refractivity contribution in [1.29, 1.82) is 0 Å². The van der Waals surface area contributed by atoms with Gasteiger partial charge in [0.25, 0.3) is 5.91 Å². The summed E-state index contributed by atoms with van der Waals surface area (Å²) >= 11 is 0. The van der Waals surface area contributed by atoms with E-state index in [1.807, 2.05) is 60.7 Å². The fraction of sp³-hybridized carbons (Fsp3) is 0.103. The number of hydrogen-bond donors (Lipinski definition) is 1. The van der Waals surface area contributed by atoms with Crippen molar-refractivity contribution in [3.8, 4) is 11.1 Å². The first-order valence-corrected chi connectivity index (χ1v) is 13.0. The zero-order valence-corrected chi connectivity index (χ0v) is 20.3. The monoisotopic (exact) mass is 499 g/mol. The van der Waals surface area contributed by atoms with Gasteiger partial charge in [-0.2, -0.15) is 0 Å². The average molecular weight is 500 g/mol. The number of carbonyl (C=O) groups excluding carboxylic acids is 1. The van der Waals surface area contributed by atoms with E-state index in [0.717, 1.165) is 16.7 Å². The highest BCUT2D eigenvalue weighted by Crippen LogP contribution is 2.24. The van der Waals surface area contributed by atoms with Gasteiger partial charge < -0.3 is 10.0 Å². The van der Waals surface area contributed by atoms with Crippen LogP contribution in [0.4, 0.5) is 0 Å². The fourth-order valence-corrected chi connectivity index (χ4v) is 4.99. The molecule has 4 rings (SSSR count). The van der Waals surface area contributed by atoms with Crippen LogP contribution < -0.4 is 0 Å². The van der Waals surface area contributed by atoms with Gasteiger partial charge in [-0.15, -0.1) is 0 Å². The number of amides is 1. The SMILES string of the molecule is O=C(O)CS(=O)(=O)c1cccc(-c2ccc(C(=O)N(Cc3ccccc3)Cc3ccccc3)cc2)c1. The maximum Gasteiger partial charge on any atom is 0.319 e. The van der Waals surface area contributed by atoms with Crippen LogP contribution in [0, 0.1) is 0 Å². The molecule has 0 bridgehead atoms. The third-order valence-corrected chi connectivity index (χ3v) is 7.29. The highest BCUT2D eigenvalue weighted by Gasteiger charge is 2.20. The molecule has 7 heteroatoms. The largest absolute Gasteiger partial charge is 0.480 e. The minimum atomic E-state index is -3.94. The molecule has 182 valence electrons. The van der Waals surface area contributed by atoms with Crippen molar-refractivity contribution < 1.29 is 23.1 Å². The molecule has 36 heavy (non-hydrogen) atoms. The molecule has 0 heterocycles. The van der Waals surface area contributed by atoms with Gasteiger partial charge in [-0.3, -0.25) is 9.59 Å². The summed E-state index contributed by atoms with van der Waals surface area (Å²) in [7, 11) is -3.94. The molecule has 0 radical (unpaired) electrons. The van der Waals surface area contributed by atoms with Crippen molar-refractivity contribution in [2.45, 2.75) is 18.0 Å². The van der Waals surface area contributed by atoms with Gasteiger partial charge in [-0.25, -0.2) is 8.42 Å². The number of hydrogen-bond acceptors (Lipinski definition) is 4. The molecule has 4 aromatic carbocycles. The van der Waals surface area contributed by atoms with E-state index >= 15 is 0 Å². The number of benzene rings is 4. The molecule has 4 aromatic rings. The number of sulfone groups is 1. The summed E-state index contributed by atoms with van der Waals surface area (Å²) in [5, 5.41) is 8.90. The van der Waals surface area contributed by atoms with E-state index in [1.165, 1.54) is 12.1 Å². The Morgan fingerprint density at radius 2 is 1.22 bits per heavy atom. The quantitative estimate of drug-likeness (QED) is 0.348. The lowest BCUT2D eigenvalue weighted by Gasteiger charge is -2.23. The molecule has 1 amide bonds. The lowest BCUT2D eigenvalue weighted by molar-refractivity contribution is -0.134. The lowest BCUT2D eigenvalue weighted by Crippen LogP contribution is -2.30. The second kappa shape index (κ2) is 11.0. The lowest BCUT2D eigenvalue weighted by atomic mass is 10.0. The summed E-state index contributed by atoms with van der Waals surface area (Å²) in [6.07, 6.45) is 0. The van der Waals surface area contributed by atoms with Crippen LogP contribution in [0.25, 0.3) is 11.1 Å². The van der Waals surface area contributed by atoms with E-state index in [-0.39, 0.29) is 10.8 Å². The van der Waals surface area contributed by atoms with Gasteiger partial charge >= 0.3 is 5.97 Å². The van der Waals surface area contributed by atoms with Crippen LogP contribution in [0.1, 0.15) is 21.5 Å². The molecule has 0 aliphatic carbocycles. The standard InChI is InChI=1S/C29H25NO5S/c31-28(32)21-36(34,35)27-13-7-12-26(18-27)24-14-16-25(17-15-24)29(33)30(19-22-8-3-1-4-9-22)20-23-10-5-2-6-11-23/h1-18H,19-21H2,(H,31,32). The summed E-state index contributed by atoms with van der Waals surface area (Å²) in [5.41, 5.74) is 3.90. The maximum atomic E-state index is 13.5. The van der Waals surface area contributed by atoms with E-state index < -0.39 is 21.6 Å². The highest BCUT2D eigenvalue weighted by atomic mass is 32.2. The van der Waals surface area contributed by atoms with Crippen LogP contribution in [0.3, 0.4) is 0 Å². The Hall–Kier alpha value is -4.23. The number of aliphatic carboxylic acids is 1. The first-order valence-electron chi connectivity index (χ1n) is 11.3. The van der Waals surface area contributed by atoms with E-state index in [2.05, 4.69) is 0 Å². The zero-order chi connectivity index (χ0) is 25.5.